The fraction of sp³-hybridized carbons (Fsp3) is 0.222. The van der Waals surface area contributed by atoms with Crippen molar-refractivity contribution in [3.05, 3.63) is 33.4 Å². The average Bonchev–Trinajstić information content (AvgIpc) is 2.10. The minimum Gasteiger partial charge on any atom is -0.316 e. The zero-order valence-corrected chi connectivity index (χ0v) is 9.38. The Kier molecular flexibility index (Phi) is 4.31. The van der Waals surface area contributed by atoms with Crippen molar-refractivity contribution in [1.82, 2.24) is 10.3 Å². The quantitative estimate of drug-likeness (QED) is 0.681. The molecule has 2 nitrogen and oxygen atoms in total. The Bertz CT molecular complexity index is 292. The van der Waals surface area contributed by atoms with Crippen molar-refractivity contribution < 1.29 is 4.39 Å². The minimum absolute atomic E-state index is 0.417. The second kappa shape index (κ2) is 5.29. The van der Waals surface area contributed by atoms with E-state index in [0.29, 0.717) is 5.56 Å². The van der Waals surface area contributed by atoms with Gasteiger partial charge >= 0.3 is 0 Å². The van der Waals surface area contributed by atoms with Gasteiger partial charge in [-0.3, -0.25) is 0 Å². The third-order valence-corrected chi connectivity index (χ3v) is 2.44. The van der Waals surface area contributed by atoms with Crippen LogP contribution in [0.4, 0.5) is 4.39 Å². The lowest BCUT2D eigenvalue weighted by Gasteiger charge is -1.98. The fourth-order valence-corrected chi connectivity index (χ4v) is 1.43. The number of rotatable bonds is 3. The van der Waals surface area contributed by atoms with E-state index < -0.39 is 5.95 Å². The summed E-state index contributed by atoms with van der Waals surface area (Å²) in [5.41, 5.74) is 0.554. The van der Waals surface area contributed by atoms with E-state index in [4.69, 9.17) is 0 Å². The molecule has 0 radical (unpaired) electrons. The summed E-state index contributed by atoms with van der Waals surface area (Å²) in [6.07, 6.45) is 5.06. The first-order chi connectivity index (χ1) is 6.25. The lowest BCUT2D eigenvalue weighted by Crippen LogP contribution is -2.04. The maximum absolute atomic E-state index is 13.1. The molecule has 0 unspecified atom stereocenters. The molecule has 4 heteroatoms. The molecule has 13 heavy (non-hydrogen) atoms. The average molecular weight is 292 g/mol. The van der Waals surface area contributed by atoms with Crippen LogP contribution >= 0.6 is 22.6 Å². The Morgan fingerprint density at radius 1 is 1.69 bits per heavy atom. The number of nitrogens with one attached hydrogen (secondary N) is 1. The summed E-state index contributed by atoms with van der Waals surface area (Å²) >= 11 is 2.09. The van der Waals surface area contributed by atoms with E-state index in [0.717, 1.165) is 10.1 Å². The summed E-state index contributed by atoms with van der Waals surface area (Å²) in [5, 5.41) is 2.94. The second-order valence-corrected chi connectivity index (χ2v) is 3.62. The Hall–Kier alpha value is -0.490. The molecule has 1 N–H and O–H groups in total. The van der Waals surface area contributed by atoms with Gasteiger partial charge < -0.3 is 5.32 Å². The van der Waals surface area contributed by atoms with Crippen LogP contribution in [0, 0.1) is 9.52 Å². The lowest BCUT2D eigenvalue weighted by molar-refractivity contribution is 0.579. The van der Waals surface area contributed by atoms with Crippen molar-refractivity contribution >= 4 is 28.7 Å². The van der Waals surface area contributed by atoms with Crippen molar-refractivity contribution in [2.75, 3.05) is 13.6 Å². The van der Waals surface area contributed by atoms with E-state index in [9.17, 15) is 4.39 Å². The Morgan fingerprint density at radius 3 is 3.08 bits per heavy atom. The van der Waals surface area contributed by atoms with Crippen LogP contribution in [0.3, 0.4) is 0 Å². The third kappa shape index (κ3) is 3.04. The maximum Gasteiger partial charge on any atom is 0.221 e. The third-order valence-electron chi connectivity index (χ3n) is 1.49. The summed E-state index contributed by atoms with van der Waals surface area (Å²) in [5.74, 6) is -0.417. The van der Waals surface area contributed by atoms with Gasteiger partial charge in [-0.25, -0.2) is 4.98 Å². The highest BCUT2D eigenvalue weighted by Crippen LogP contribution is 2.14. The molecule has 0 saturated heterocycles. The fourth-order valence-electron chi connectivity index (χ4n) is 0.869. The van der Waals surface area contributed by atoms with Gasteiger partial charge in [0.2, 0.25) is 5.95 Å². The number of hydrogen-bond donors (Lipinski definition) is 1. The summed E-state index contributed by atoms with van der Waals surface area (Å²) in [4.78, 5) is 3.58. The minimum atomic E-state index is -0.417. The Balaban J connectivity index is 2.87. The van der Waals surface area contributed by atoms with E-state index in [2.05, 4.69) is 32.9 Å². The van der Waals surface area contributed by atoms with Crippen LogP contribution < -0.4 is 5.32 Å². The maximum atomic E-state index is 13.1. The van der Waals surface area contributed by atoms with Crippen molar-refractivity contribution in [1.29, 1.82) is 0 Å². The molecular weight excluding hydrogens is 282 g/mol. The van der Waals surface area contributed by atoms with Crippen LogP contribution in [0.5, 0.6) is 0 Å². The highest BCUT2D eigenvalue weighted by atomic mass is 127. The monoisotopic (exact) mass is 292 g/mol. The van der Waals surface area contributed by atoms with Crippen LogP contribution in [0.25, 0.3) is 6.08 Å². The molecule has 0 aromatic carbocycles. The van der Waals surface area contributed by atoms with Crippen molar-refractivity contribution in [2.24, 2.45) is 0 Å². The van der Waals surface area contributed by atoms with E-state index in [1.807, 2.05) is 13.1 Å². The van der Waals surface area contributed by atoms with Gasteiger partial charge in [-0.15, -0.1) is 0 Å². The largest absolute Gasteiger partial charge is 0.316 e. The molecule has 0 bridgehead atoms. The van der Waals surface area contributed by atoms with Gasteiger partial charge in [0.25, 0.3) is 0 Å². The normalized spacial score (nSPS) is 11.0. The molecule has 0 aliphatic carbocycles. The first kappa shape index (κ1) is 10.6. The van der Waals surface area contributed by atoms with E-state index in [1.54, 1.807) is 12.1 Å². The number of halogens is 2. The molecule has 0 atom stereocenters. The summed E-state index contributed by atoms with van der Waals surface area (Å²) in [7, 11) is 1.84. The van der Waals surface area contributed by atoms with Gasteiger partial charge in [-0.05, 0) is 35.7 Å². The first-order valence-corrected chi connectivity index (χ1v) is 4.94. The van der Waals surface area contributed by atoms with Crippen molar-refractivity contribution in [2.45, 2.75) is 0 Å². The molecule has 0 aliphatic rings. The van der Waals surface area contributed by atoms with Gasteiger partial charge in [-0.1, -0.05) is 12.2 Å². The van der Waals surface area contributed by atoms with Gasteiger partial charge in [0, 0.05) is 21.9 Å². The van der Waals surface area contributed by atoms with Crippen LogP contribution in [0.2, 0.25) is 0 Å². The Labute approximate surface area is 90.4 Å². The van der Waals surface area contributed by atoms with E-state index >= 15 is 0 Å². The van der Waals surface area contributed by atoms with Crippen LogP contribution in [0.1, 0.15) is 5.56 Å². The molecule has 1 rings (SSSR count). The van der Waals surface area contributed by atoms with Gasteiger partial charge in [0.15, 0.2) is 0 Å². The number of likely N-dealkylation sites (N-methyl/N-ethyl adjacent to an activating group) is 1. The molecular formula is C9H10FIN2. The lowest BCUT2D eigenvalue weighted by atomic mass is 10.2. The number of hydrogen-bond acceptors (Lipinski definition) is 2. The van der Waals surface area contributed by atoms with Crippen molar-refractivity contribution in [3.8, 4) is 0 Å². The molecule has 0 fully saturated rings. The molecule has 0 saturated carbocycles. The molecule has 70 valence electrons. The molecule has 0 aliphatic heterocycles. The predicted octanol–water partition coefficient (Wildman–Crippen LogP) is 2.06. The Morgan fingerprint density at radius 2 is 2.46 bits per heavy atom. The highest BCUT2D eigenvalue weighted by molar-refractivity contribution is 14.1. The number of nitrogens with zero attached hydrogens (tertiary/aromatic N) is 1. The molecule has 1 aromatic rings. The molecule has 0 amide bonds. The van der Waals surface area contributed by atoms with Crippen molar-refractivity contribution in [3.63, 3.8) is 0 Å². The topological polar surface area (TPSA) is 24.9 Å². The zero-order chi connectivity index (χ0) is 9.68. The SMILES string of the molecule is CNCC=Cc1c(I)ccnc1F. The summed E-state index contributed by atoms with van der Waals surface area (Å²) in [6, 6.07) is 1.78. The molecule has 1 aromatic heterocycles. The predicted molar refractivity (Wildman–Crippen MR) is 59.9 cm³/mol. The van der Waals surface area contributed by atoms with Gasteiger partial charge in [-0.2, -0.15) is 4.39 Å². The second-order valence-electron chi connectivity index (χ2n) is 2.46. The smallest absolute Gasteiger partial charge is 0.221 e. The van der Waals surface area contributed by atoms with Crippen LogP contribution in [0.15, 0.2) is 18.3 Å². The first-order valence-electron chi connectivity index (χ1n) is 3.87. The standard InChI is InChI=1S/C9H10FIN2/c1-12-5-2-3-7-8(11)4-6-13-9(7)10/h2-4,6,12H,5H2,1H3. The van der Waals surface area contributed by atoms with Crippen LogP contribution in [-0.2, 0) is 0 Å². The molecule has 0 spiro atoms. The van der Waals surface area contributed by atoms with E-state index in [1.165, 1.54) is 6.20 Å². The number of aromatic nitrogens is 1. The number of pyridine rings is 1. The summed E-state index contributed by atoms with van der Waals surface area (Å²) < 4.78 is 14.0. The van der Waals surface area contributed by atoms with Crippen LogP contribution in [-0.4, -0.2) is 18.6 Å². The van der Waals surface area contributed by atoms with E-state index in [-0.39, 0.29) is 0 Å². The zero-order valence-electron chi connectivity index (χ0n) is 7.22. The van der Waals surface area contributed by atoms with Gasteiger partial charge in [0.1, 0.15) is 0 Å². The summed E-state index contributed by atoms with van der Waals surface area (Å²) in [6.45, 7) is 0.727. The van der Waals surface area contributed by atoms with Gasteiger partial charge in [0.05, 0.1) is 0 Å². The molecule has 1 heterocycles. The highest BCUT2D eigenvalue weighted by Gasteiger charge is 2.02.